The maximum atomic E-state index is 5.52. The van der Waals surface area contributed by atoms with Crippen LogP contribution < -0.4 is 5.32 Å². The van der Waals surface area contributed by atoms with E-state index in [-0.39, 0.29) is 6.10 Å². The normalized spacial score (nSPS) is 16.2. The van der Waals surface area contributed by atoms with Crippen LogP contribution in [0.5, 0.6) is 0 Å². The fraction of sp³-hybridized carbons (Fsp3) is 1.00. The number of methoxy groups -OCH3 is 1. The summed E-state index contributed by atoms with van der Waals surface area (Å²) in [5, 5.41) is 3.22. The van der Waals surface area contributed by atoms with E-state index in [0.717, 1.165) is 13.0 Å². The van der Waals surface area contributed by atoms with Gasteiger partial charge in [0.1, 0.15) is 0 Å². The minimum Gasteiger partial charge on any atom is -0.382 e. The molecule has 0 saturated heterocycles. The molecule has 3 nitrogen and oxygen atoms in total. The van der Waals surface area contributed by atoms with E-state index >= 15 is 0 Å². The third kappa shape index (κ3) is 6.99. The van der Waals surface area contributed by atoms with E-state index in [9.17, 15) is 0 Å². The van der Waals surface area contributed by atoms with Gasteiger partial charge in [0.15, 0.2) is 0 Å². The molecule has 0 bridgehead atoms. The zero-order valence-corrected chi connectivity index (χ0v) is 9.46. The SMILES string of the molecule is CNC(COC(C)C)CC(C)OC. The molecule has 0 aliphatic heterocycles. The van der Waals surface area contributed by atoms with Crippen LogP contribution in [0.3, 0.4) is 0 Å². The largest absolute Gasteiger partial charge is 0.382 e. The van der Waals surface area contributed by atoms with Crippen LogP contribution in [-0.2, 0) is 9.47 Å². The summed E-state index contributed by atoms with van der Waals surface area (Å²) in [6.45, 7) is 6.92. The number of hydrogen-bond acceptors (Lipinski definition) is 3. The van der Waals surface area contributed by atoms with E-state index in [1.807, 2.05) is 20.9 Å². The summed E-state index contributed by atoms with van der Waals surface area (Å²) in [6.07, 6.45) is 1.57. The highest BCUT2D eigenvalue weighted by molar-refractivity contribution is 4.67. The molecule has 0 rings (SSSR count). The highest BCUT2D eigenvalue weighted by Crippen LogP contribution is 2.02. The fourth-order valence-electron chi connectivity index (χ4n) is 1.07. The average Bonchev–Trinajstić information content (AvgIpc) is 2.11. The Hall–Kier alpha value is -0.120. The second-order valence-corrected chi connectivity index (χ2v) is 3.65. The molecule has 3 heteroatoms. The second-order valence-electron chi connectivity index (χ2n) is 3.65. The lowest BCUT2D eigenvalue weighted by Gasteiger charge is -2.20. The molecule has 0 spiro atoms. The van der Waals surface area contributed by atoms with Gasteiger partial charge in [0, 0.05) is 13.2 Å². The van der Waals surface area contributed by atoms with Gasteiger partial charge < -0.3 is 14.8 Å². The molecule has 0 aromatic rings. The van der Waals surface area contributed by atoms with E-state index in [2.05, 4.69) is 12.2 Å². The van der Waals surface area contributed by atoms with Crippen molar-refractivity contribution in [1.29, 1.82) is 0 Å². The zero-order chi connectivity index (χ0) is 10.3. The van der Waals surface area contributed by atoms with Crippen LogP contribution in [0.2, 0.25) is 0 Å². The van der Waals surface area contributed by atoms with Crippen molar-refractivity contribution in [2.75, 3.05) is 20.8 Å². The predicted molar refractivity (Wildman–Crippen MR) is 55.0 cm³/mol. The second kappa shape index (κ2) is 7.30. The van der Waals surface area contributed by atoms with E-state index in [4.69, 9.17) is 9.47 Å². The standard InChI is InChI=1S/C10H23NO2/c1-8(2)13-7-10(11-4)6-9(3)12-5/h8-11H,6-7H2,1-5H3. The Balaban J connectivity index is 3.62. The number of hydrogen-bond donors (Lipinski definition) is 1. The summed E-state index contributed by atoms with van der Waals surface area (Å²) >= 11 is 0. The van der Waals surface area contributed by atoms with Gasteiger partial charge in [-0.25, -0.2) is 0 Å². The summed E-state index contributed by atoms with van der Waals surface area (Å²) in [5.41, 5.74) is 0. The Morgan fingerprint density at radius 3 is 2.23 bits per heavy atom. The molecule has 0 aliphatic rings. The highest BCUT2D eigenvalue weighted by Gasteiger charge is 2.11. The third-order valence-corrected chi connectivity index (χ3v) is 2.06. The van der Waals surface area contributed by atoms with Gasteiger partial charge >= 0.3 is 0 Å². The molecular formula is C10H23NO2. The lowest BCUT2D eigenvalue weighted by Crippen LogP contribution is -2.34. The molecule has 2 atom stereocenters. The van der Waals surface area contributed by atoms with Gasteiger partial charge in [0.05, 0.1) is 18.8 Å². The summed E-state index contributed by atoms with van der Waals surface area (Å²) in [4.78, 5) is 0. The molecular weight excluding hydrogens is 166 g/mol. The van der Waals surface area contributed by atoms with Crippen molar-refractivity contribution in [3.05, 3.63) is 0 Å². The van der Waals surface area contributed by atoms with E-state index in [1.54, 1.807) is 7.11 Å². The van der Waals surface area contributed by atoms with E-state index in [1.165, 1.54) is 0 Å². The third-order valence-electron chi connectivity index (χ3n) is 2.06. The fourth-order valence-corrected chi connectivity index (χ4v) is 1.07. The lowest BCUT2D eigenvalue weighted by molar-refractivity contribution is 0.0406. The molecule has 0 fully saturated rings. The molecule has 0 aromatic heterocycles. The van der Waals surface area contributed by atoms with Gasteiger partial charge in [-0.05, 0) is 34.2 Å². The molecule has 0 heterocycles. The average molecular weight is 189 g/mol. The van der Waals surface area contributed by atoms with Crippen LogP contribution in [-0.4, -0.2) is 39.0 Å². The molecule has 1 N–H and O–H groups in total. The Kier molecular flexibility index (Phi) is 7.23. The number of ether oxygens (including phenoxy) is 2. The van der Waals surface area contributed by atoms with Crippen LogP contribution in [0.1, 0.15) is 27.2 Å². The zero-order valence-electron chi connectivity index (χ0n) is 9.46. The first-order valence-corrected chi connectivity index (χ1v) is 4.91. The molecule has 80 valence electrons. The minimum atomic E-state index is 0.285. The lowest BCUT2D eigenvalue weighted by atomic mass is 10.1. The monoisotopic (exact) mass is 189 g/mol. The Morgan fingerprint density at radius 2 is 1.85 bits per heavy atom. The first-order chi connectivity index (χ1) is 6.10. The van der Waals surface area contributed by atoms with Crippen LogP contribution in [0.15, 0.2) is 0 Å². The maximum Gasteiger partial charge on any atom is 0.0623 e. The summed E-state index contributed by atoms with van der Waals surface area (Å²) < 4.78 is 10.7. The Morgan fingerprint density at radius 1 is 1.23 bits per heavy atom. The quantitative estimate of drug-likeness (QED) is 0.657. The highest BCUT2D eigenvalue weighted by atomic mass is 16.5. The number of nitrogens with one attached hydrogen (secondary N) is 1. The van der Waals surface area contributed by atoms with E-state index < -0.39 is 0 Å². The maximum absolute atomic E-state index is 5.52. The van der Waals surface area contributed by atoms with Gasteiger partial charge in [-0.2, -0.15) is 0 Å². The summed E-state index contributed by atoms with van der Waals surface area (Å²) in [5.74, 6) is 0. The molecule has 0 saturated carbocycles. The Bertz CT molecular complexity index is 117. The first-order valence-electron chi connectivity index (χ1n) is 4.91. The molecule has 0 radical (unpaired) electrons. The van der Waals surface area contributed by atoms with Crippen molar-refractivity contribution < 1.29 is 9.47 Å². The van der Waals surface area contributed by atoms with Gasteiger partial charge in [0.2, 0.25) is 0 Å². The molecule has 13 heavy (non-hydrogen) atoms. The minimum absolute atomic E-state index is 0.285. The molecule has 2 unspecified atom stereocenters. The molecule has 0 aliphatic carbocycles. The Labute approximate surface area is 81.8 Å². The van der Waals surface area contributed by atoms with Gasteiger partial charge in [-0.15, -0.1) is 0 Å². The summed E-state index contributed by atoms with van der Waals surface area (Å²) in [7, 11) is 3.69. The van der Waals surface area contributed by atoms with Crippen molar-refractivity contribution in [2.24, 2.45) is 0 Å². The van der Waals surface area contributed by atoms with Crippen molar-refractivity contribution in [3.8, 4) is 0 Å². The molecule has 0 aromatic carbocycles. The van der Waals surface area contributed by atoms with Crippen LogP contribution in [0.4, 0.5) is 0 Å². The topological polar surface area (TPSA) is 30.5 Å². The summed E-state index contributed by atoms with van der Waals surface area (Å²) in [6, 6.07) is 0.386. The van der Waals surface area contributed by atoms with Crippen molar-refractivity contribution in [2.45, 2.75) is 45.4 Å². The van der Waals surface area contributed by atoms with Crippen molar-refractivity contribution >= 4 is 0 Å². The van der Waals surface area contributed by atoms with Crippen LogP contribution in [0, 0.1) is 0 Å². The predicted octanol–water partition coefficient (Wildman–Crippen LogP) is 1.42. The number of rotatable bonds is 7. The number of likely N-dealkylation sites (N-methyl/N-ethyl adjacent to an activating group) is 1. The van der Waals surface area contributed by atoms with E-state index in [0.29, 0.717) is 12.1 Å². The van der Waals surface area contributed by atoms with Crippen LogP contribution >= 0.6 is 0 Å². The van der Waals surface area contributed by atoms with Crippen LogP contribution in [0.25, 0.3) is 0 Å². The van der Waals surface area contributed by atoms with Crippen molar-refractivity contribution in [3.63, 3.8) is 0 Å². The van der Waals surface area contributed by atoms with Crippen molar-refractivity contribution in [1.82, 2.24) is 5.32 Å². The first kappa shape index (κ1) is 12.9. The van der Waals surface area contributed by atoms with Gasteiger partial charge in [-0.3, -0.25) is 0 Å². The van der Waals surface area contributed by atoms with Gasteiger partial charge in [0.25, 0.3) is 0 Å². The van der Waals surface area contributed by atoms with Gasteiger partial charge in [-0.1, -0.05) is 0 Å². The smallest absolute Gasteiger partial charge is 0.0623 e. The molecule has 0 amide bonds.